The topological polar surface area (TPSA) is 85.3 Å². The van der Waals surface area contributed by atoms with Crippen LogP contribution in [0.25, 0.3) is 0 Å². The van der Waals surface area contributed by atoms with Crippen LogP contribution in [0.4, 0.5) is 0 Å². The van der Waals surface area contributed by atoms with Crippen LogP contribution in [-0.2, 0) is 19.1 Å². The Morgan fingerprint density at radius 2 is 1.93 bits per heavy atom. The average Bonchev–Trinajstić information content (AvgIpc) is 3.37. The Labute approximate surface area is 173 Å². The van der Waals surface area contributed by atoms with E-state index < -0.39 is 12.1 Å². The molecule has 0 spiro atoms. The summed E-state index contributed by atoms with van der Waals surface area (Å²) in [5.41, 5.74) is 0.602. The van der Waals surface area contributed by atoms with E-state index in [2.05, 4.69) is 5.10 Å². The maximum Gasteiger partial charge on any atom is 0.347 e. The maximum atomic E-state index is 12.6. The average molecular weight is 417 g/mol. The number of allylic oxidation sites excluding steroid dienone is 2. The number of ether oxygens (including phenoxy) is 2. The van der Waals surface area contributed by atoms with Gasteiger partial charge in [-0.25, -0.2) is 4.79 Å². The summed E-state index contributed by atoms with van der Waals surface area (Å²) in [6.07, 6.45) is 5.60. The molecule has 2 bridgehead atoms. The Morgan fingerprint density at radius 3 is 2.52 bits per heavy atom. The van der Waals surface area contributed by atoms with E-state index in [4.69, 9.17) is 21.1 Å². The molecule has 1 heterocycles. The van der Waals surface area contributed by atoms with Crippen LogP contribution in [0.3, 0.4) is 0 Å². The minimum atomic E-state index is -0.796. The van der Waals surface area contributed by atoms with Gasteiger partial charge in [0.15, 0.2) is 6.10 Å². The molecular weight excluding hydrogens is 396 g/mol. The summed E-state index contributed by atoms with van der Waals surface area (Å²) in [7, 11) is 0. The van der Waals surface area contributed by atoms with E-state index >= 15 is 0 Å². The first-order valence-corrected chi connectivity index (χ1v) is 10.0. The molecule has 4 rings (SSSR count). The Hall–Kier alpha value is -2.67. The first kappa shape index (κ1) is 19.6. The number of hydrogen-bond donors (Lipinski definition) is 0. The zero-order valence-electron chi connectivity index (χ0n) is 16.1. The van der Waals surface area contributed by atoms with Crippen LogP contribution in [0.2, 0.25) is 5.02 Å². The highest BCUT2D eigenvalue weighted by atomic mass is 35.5. The molecule has 8 heteroatoms. The van der Waals surface area contributed by atoms with Crippen LogP contribution in [0.15, 0.2) is 35.5 Å². The number of amides is 2. The minimum absolute atomic E-state index is 0.147. The Kier molecular flexibility index (Phi) is 5.17. The first-order chi connectivity index (χ1) is 13.9. The lowest BCUT2D eigenvalue weighted by Gasteiger charge is -2.14. The van der Waals surface area contributed by atoms with Gasteiger partial charge in [-0.15, -0.1) is 0 Å². The van der Waals surface area contributed by atoms with Gasteiger partial charge >= 0.3 is 5.97 Å². The lowest BCUT2D eigenvalue weighted by atomic mass is 9.85. The van der Waals surface area contributed by atoms with Crippen molar-refractivity contribution in [3.63, 3.8) is 0 Å². The van der Waals surface area contributed by atoms with E-state index in [1.165, 1.54) is 6.21 Å². The van der Waals surface area contributed by atoms with E-state index in [0.717, 1.165) is 11.4 Å². The molecule has 29 heavy (non-hydrogen) atoms. The minimum Gasteiger partial charge on any atom is -0.477 e. The van der Waals surface area contributed by atoms with Crippen LogP contribution in [0.1, 0.15) is 25.8 Å². The number of imide groups is 1. The fraction of sp³-hybridized carbons (Fsp3) is 0.429. The van der Waals surface area contributed by atoms with Crippen molar-refractivity contribution in [2.45, 2.75) is 26.4 Å². The Bertz CT molecular complexity index is 898. The van der Waals surface area contributed by atoms with E-state index in [1.54, 1.807) is 32.0 Å². The second kappa shape index (κ2) is 7.63. The summed E-state index contributed by atoms with van der Waals surface area (Å²) in [6.45, 7) is 3.56. The largest absolute Gasteiger partial charge is 0.477 e. The quantitative estimate of drug-likeness (QED) is 0.308. The van der Waals surface area contributed by atoms with Crippen LogP contribution in [0.5, 0.6) is 5.75 Å². The molecule has 1 saturated carbocycles. The van der Waals surface area contributed by atoms with E-state index in [9.17, 15) is 14.4 Å². The second-order valence-electron chi connectivity index (χ2n) is 7.43. The smallest absolute Gasteiger partial charge is 0.347 e. The van der Waals surface area contributed by atoms with Crippen molar-refractivity contribution in [3.8, 4) is 5.75 Å². The monoisotopic (exact) mass is 416 g/mol. The van der Waals surface area contributed by atoms with Crippen molar-refractivity contribution in [1.29, 1.82) is 0 Å². The molecule has 1 aromatic carbocycles. The third-order valence-corrected chi connectivity index (χ3v) is 5.94. The van der Waals surface area contributed by atoms with Gasteiger partial charge in [0.05, 0.1) is 29.7 Å². The van der Waals surface area contributed by atoms with Gasteiger partial charge in [0, 0.05) is 0 Å². The molecule has 152 valence electrons. The summed E-state index contributed by atoms with van der Waals surface area (Å²) in [6, 6.07) is 4.88. The van der Waals surface area contributed by atoms with Gasteiger partial charge in [-0.1, -0.05) is 23.8 Å². The number of fused-ring (bicyclic) bond motifs is 5. The van der Waals surface area contributed by atoms with Gasteiger partial charge in [0.1, 0.15) is 5.75 Å². The number of rotatable bonds is 6. The SMILES string of the molecule is CCOC(=O)C(C)Oc1ccc(C=NN2C(=O)C3C4C=CC(C4)C3C2=O)cc1Cl. The second-order valence-corrected chi connectivity index (χ2v) is 7.84. The molecule has 1 aromatic rings. The number of halogens is 1. The zero-order valence-corrected chi connectivity index (χ0v) is 16.8. The molecule has 5 unspecified atom stereocenters. The van der Waals surface area contributed by atoms with Crippen LogP contribution >= 0.6 is 11.6 Å². The third-order valence-electron chi connectivity index (χ3n) is 5.65. The number of carbonyl (C=O) groups excluding carboxylic acids is 3. The van der Waals surface area contributed by atoms with Crippen LogP contribution < -0.4 is 4.74 Å². The van der Waals surface area contributed by atoms with Crippen molar-refractivity contribution in [2.24, 2.45) is 28.8 Å². The van der Waals surface area contributed by atoms with Gasteiger partial charge in [0.2, 0.25) is 0 Å². The van der Waals surface area contributed by atoms with Crippen molar-refractivity contribution < 1.29 is 23.9 Å². The van der Waals surface area contributed by atoms with Gasteiger partial charge in [-0.05, 0) is 55.9 Å². The zero-order chi connectivity index (χ0) is 20.7. The van der Waals surface area contributed by atoms with Crippen molar-refractivity contribution in [3.05, 3.63) is 40.9 Å². The lowest BCUT2D eigenvalue weighted by Crippen LogP contribution is -2.28. The number of esters is 1. The first-order valence-electron chi connectivity index (χ1n) is 9.63. The molecule has 2 amide bonds. The summed E-state index contributed by atoms with van der Waals surface area (Å²) >= 11 is 6.24. The molecule has 0 aromatic heterocycles. The predicted octanol–water partition coefficient (Wildman–Crippen LogP) is 2.81. The number of benzene rings is 1. The highest BCUT2D eigenvalue weighted by Crippen LogP contribution is 2.52. The number of nitrogens with zero attached hydrogens (tertiary/aromatic N) is 2. The molecule has 1 aliphatic heterocycles. The molecule has 2 fully saturated rings. The van der Waals surface area contributed by atoms with Crippen LogP contribution in [-0.4, -0.2) is 41.7 Å². The molecule has 0 N–H and O–H groups in total. The summed E-state index contributed by atoms with van der Waals surface area (Å²) < 4.78 is 10.4. The number of hydrogen-bond acceptors (Lipinski definition) is 6. The number of hydrazone groups is 1. The third kappa shape index (κ3) is 3.44. The molecule has 2 aliphatic carbocycles. The molecule has 0 radical (unpaired) electrons. The summed E-state index contributed by atoms with van der Waals surface area (Å²) in [5, 5.41) is 5.40. The van der Waals surface area contributed by atoms with Crippen molar-refractivity contribution in [2.75, 3.05) is 6.61 Å². The van der Waals surface area contributed by atoms with Crippen LogP contribution in [0, 0.1) is 23.7 Å². The normalized spacial score (nSPS) is 28.3. The van der Waals surface area contributed by atoms with Gasteiger partial charge < -0.3 is 9.47 Å². The standard InChI is InChI=1S/C21H21ClN2O5/c1-3-28-21(27)11(2)29-16-7-4-12(8-15(16)22)10-23-24-19(25)17-13-5-6-14(9-13)18(17)20(24)26/h4-8,10-11,13-14,17-18H,3,9H2,1-2H3. The molecule has 1 saturated heterocycles. The Balaban J connectivity index is 1.44. The summed E-state index contributed by atoms with van der Waals surface area (Å²) in [5.74, 6) is -0.881. The molecule has 5 atom stereocenters. The Morgan fingerprint density at radius 1 is 1.28 bits per heavy atom. The fourth-order valence-corrected chi connectivity index (χ4v) is 4.55. The summed E-state index contributed by atoms with van der Waals surface area (Å²) in [4.78, 5) is 37.0. The highest BCUT2D eigenvalue weighted by molar-refractivity contribution is 6.32. The molecule has 3 aliphatic rings. The van der Waals surface area contributed by atoms with E-state index in [1.807, 2.05) is 12.2 Å². The van der Waals surface area contributed by atoms with E-state index in [-0.39, 0.29) is 47.1 Å². The lowest BCUT2D eigenvalue weighted by molar-refractivity contribution is -0.150. The van der Waals surface area contributed by atoms with E-state index in [0.29, 0.717) is 11.3 Å². The fourth-order valence-electron chi connectivity index (χ4n) is 4.32. The van der Waals surface area contributed by atoms with Crippen molar-refractivity contribution in [1.82, 2.24) is 5.01 Å². The van der Waals surface area contributed by atoms with Gasteiger partial charge in [-0.3, -0.25) is 9.59 Å². The predicted molar refractivity (Wildman–Crippen MR) is 105 cm³/mol. The van der Waals surface area contributed by atoms with Gasteiger partial charge in [0.25, 0.3) is 11.8 Å². The van der Waals surface area contributed by atoms with Gasteiger partial charge in [-0.2, -0.15) is 10.1 Å². The molecular formula is C21H21ClN2O5. The molecule has 7 nitrogen and oxygen atoms in total. The highest BCUT2D eigenvalue weighted by Gasteiger charge is 2.59. The maximum absolute atomic E-state index is 12.6. The number of carbonyl (C=O) groups is 3. The van der Waals surface area contributed by atoms with Crippen molar-refractivity contribution >= 4 is 35.6 Å².